The van der Waals surface area contributed by atoms with Crippen LogP contribution in [-0.2, 0) is 0 Å². The van der Waals surface area contributed by atoms with Gasteiger partial charge in [0.1, 0.15) is 11.2 Å². The van der Waals surface area contributed by atoms with E-state index >= 15 is 0 Å². The van der Waals surface area contributed by atoms with Gasteiger partial charge >= 0.3 is 0 Å². The van der Waals surface area contributed by atoms with E-state index in [0.717, 1.165) is 21.9 Å². The minimum Gasteiger partial charge on any atom is -0.456 e. The smallest absolute Gasteiger partial charge is 0.136 e. The van der Waals surface area contributed by atoms with Gasteiger partial charge in [-0.25, -0.2) is 0 Å². The predicted molar refractivity (Wildman–Crippen MR) is 190 cm³/mol. The van der Waals surface area contributed by atoms with E-state index < -0.39 is 0 Å². The zero-order valence-corrected chi connectivity index (χ0v) is 24.6. The summed E-state index contributed by atoms with van der Waals surface area (Å²) in [6, 6.07) is 60.8. The van der Waals surface area contributed by atoms with Crippen LogP contribution in [0.5, 0.6) is 0 Å². The molecule has 0 radical (unpaired) electrons. The molecule has 1 aromatic heterocycles. The van der Waals surface area contributed by atoms with Gasteiger partial charge in [-0.1, -0.05) is 158 Å². The predicted octanol–water partition coefficient (Wildman–Crippen LogP) is 12.6. The number of hydrogen-bond donors (Lipinski definition) is 0. The van der Waals surface area contributed by atoms with Crippen molar-refractivity contribution in [1.82, 2.24) is 0 Å². The number of rotatable bonds is 4. The van der Waals surface area contributed by atoms with Crippen LogP contribution in [0.1, 0.15) is 0 Å². The molecule has 8 aromatic carbocycles. The standard InChI is InChI=1S/C44H28O/c1-3-13-29(14-4-1)30-25-27-32(28-26-30)41-34-17-7-9-19-36(34)42(37-20-10-8-18-35(37)41)38-22-12-24-40-44(38)43-33(21-11-23-39(43)45-40)31-15-5-2-6-16-31/h1-28H. The second-order valence-corrected chi connectivity index (χ2v) is 11.6. The number of benzene rings is 8. The van der Waals surface area contributed by atoms with Gasteiger partial charge in [-0.05, 0) is 78.2 Å². The van der Waals surface area contributed by atoms with E-state index in [1.54, 1.807) is 0 Å². The summed E-state index contributed by atoms with van der Waals surface area (Å²) < 4.78 is 6.54. The van der Waals surface area contributed by atoms with E-state index in [9.17, 15) is 0 Å². The summed E-state index contributed by atoms with van der Waals surface area (Å²) in [6.07, 6.45) is 0. The van der Waals surface area contributed by atoms with E-state index in [1.807, 2.05) is 0 Å². The van der Waals surface area contributed by atoms with Crippen LogP contribution in [-0.4, -0.2) is 0 Å². The highest BCUT2D eigenvalue weighted by Crippen LogP contribution is 2.48. The highest BCUT2D eigenvalue weighted by Gasteiger charge is 2.21. The number of hydrogen-bond acceptors (Lipinski definition) is 1. The van der Waals surface area contributed by atoms with Crippen molar-refractivity contribution in [2.45, 2.75) is 0 Å². The fraction of sp³-hybridized carbons (Fsp3) is 0. The molecular weight excluding hydrogens is 544 g/mol. The summed E-state index contributed by atoms with van der Waals surface area (Å²) >= 11 is 0. The van der Waals surface area contributed by atoms with Crippen molar-refractivity contribution in [2.24, 2.45) is 0 Å². The highest BCUT2D eigenvalue weighted by molar-refractivity contribution is 6.26. The maximum atomic E-state index is 6.54. The van der Waals surface area contributed by atoms with Gasteiger partial charge in [0.25, 0.3) is 0 Å². The van der Waals surface area contributed by atoms with Crippen LogP contribution >= 0.6 is 0 Å². The summed E-state index contributed by atoms with van der Waals surface area (Å²) in [7, 11) is 0. The lowest BCUT2D eigenvalue weighted by Crippen LogP contribution is -1.91. The van der Waals surface area contributed by atoms with Crippen LogP contribution in [0.2, 0.25) is 0 Å². The van der Waals surface area contributed by atoms with Gasteiger partial charge in [0.15, 0.2) is 0 Å². The molecule has 9 rings (SSSR count). The van der Waals surface area contributed by atoms with Crippen molar-refractivity contribution in [2.75, 3.05) is 0 Å². The average molecular weight is 573 g/mol. The molecule has 45 heavy (non-hydrogen) atoms. The average Bonchev–Trinajstić information content (AvgIpc) is 3.51. The van der Waals surface area contributed by atoms with E-state index in [-0.39, 0.29) is 0 Å². The molecule has 0 saturated heterocycles. The van der Waals surface area contributed by atoms with Crippen LogP contribution in [0.25, 0.3) is 88.0 Å². The Kier molecular flexibility index (Phi) is 5.89. The van der Waals surface area contributed by atoms with Crippen molar-refractivity contribution < 1.29 is 4.42 Å². The molecule has 0 aliphatic rings. The maximum absolute atomic E-state index is 6.54. The Bertz CT molecular complexity index is 2450. The first kappa shape index (κ1) is 25.6. The largest absolute Gasteiger partial charge is 0.456 e. The molecule has 0 fully saturated rings. The normalized spacial score (nSPS) is 11.6. The molecule has 0 spiro atoms. The SMILES string of the molecule is c1ccc(-c2ccc(-c3c4ccccc4c(-c4cccc5oc6cccc(-c7ccccc7)c6c45)c4ccccc34)cc2)cc1. The molecule has 1 nitrogen and oxygen atoms in total. The topological polar surface area (TPSA) is 13.1 Å². The number of furan rings is 1. The van der Waals surface area contributed by atoms with Gasteiger partial charge in [0.05, 0.1) is 0 Å². The van der Waals surface area contributed by atoms with E-state index in [1.165, 1.54) is 66.1 Å². The quantitative estimate of drug-likeness (QED) is 0.191. The third kappa shape index (κ3) is 4.09. The summed E-state index contributed by atoms with van der Waals surface area (Å²) in [6.45, 7) is 0. The molecule has 1 heteroatoms. The fourth-order valence-electron chi connectivity index (χ4n) is 7.12. The molecule has 0 atom stereocenters. The maximum Gasteiger partial charge on any atom is 0.136 e. The van der Waals surface area contributed by atoms with Gasteiger partial charge in [-0.15, -0.1) is 0 Å². The van der Waals surface area contributed by atoms with Crippen molar-refractivity contribution in [1.29, 1.82) is 0 Å². The summed E-state index contributed by atoms with van der Waals surface area (Å²) in [5.41, 5.74) is 11.5. The molecule has 0 aliphatic carbocycles. The lowest BCUT2D eigenvalue weighted by molar-refractivity contribution is 0.669. The van der Waals surface area contributed by atoms with Gasteiger partial charge in [0.2, 0.25) is 0 Å². The van der Waals surface area contributed by atoms with Crippen molar-refractivity contribution >= 4 is 43.5 Å². The monoisotopic (exact) mass is 572 g/mol. The molecule has 1 heterocycles. The first-order chi connectivity index (χ1) is 22.3. The van der Waals surface area contributed by atoms with Crippen molar-refractivity contribution in [3.63, 3.8) is 0 Å². The Balaban J connectivity index is 1.36. The van der Waals surface area contributed by atoms with Crippen molar-refractivity contribution in [3.8, 4) is 44.5 Å². The molecule has 0 aliphatic heterocycles. The van der Waals surface area contributed by atoms with Gasteiger partial charge < -0.3 is 4.42 Å². The lowest BCUT2D eigenvalue weighted by Gasteiger charge is -2.18. The minimum absolute atomic E-state index is 0.902. The molecule has 0 bridgehead atoms. The van der Waals surface area contributed by atoms with Gasteiger partial charge in [-0.3, -0.25) is 0 Å². The number of fused-ring (bicyclic) bond motifs is 5. The molecule has 9 aromatic rings. The van der Waals surface area contributed by atoms with Crippen LogP contribution in [0.15, 0.2) is 174 Å². The van der Waals surface area contributed by atoms with Crippen LogP contribution < -0.4 is 0 Å². The Morgan fingerprint density at radius 2 is 0.689 bits per heavy atom. The molecular formula is C44H28O. The Labute approximate surface area is 261 Å². The molecule has 0 unspecified atom stereocenters. The van der Waals surface area contributed by atoms with E-state index in [4.69, 9.17) is 4.42 Å². The Morgan fingerprint density at radius 3 is 1.27 bits per heavy atom. The fourth-order valence-corrected chi connectivity index (χ4v) is 7.12. The van der Waals surface area contributed by atoms with Crippen LogP contribution in [0.3, 0.4) is 0 Å². The second kappa shape index (κ2) is 10.4. The second-order valence-electron chi connectivity index (χ2n) is 11.6. The van der Waals surface area contributed by atoms with E-state index in [2.05, 4.69) is 170 Å². The molecule has 210 valence electrons. The molecule has 0 saturated carbocycles. The first-order valence-electron chi connectivity index (χ1n) is 15.4. The summed E-state index contributed by atoms with van der Waals surface area (Å²) in [5.74, 6) is 0. The summed E-state index contributed by atoms with van der Waals surface area (Å²) in [4.78, 5) is 0. The van der Waals surface area contributed by atoms with Crippen LogP contribution in [0, 0.1) is 0 Å². The molecule has 0 N–H and O–H groups in total. The third-order valence-electron chi connectivity index (χ3n) is 9.09. The summed E-state index contributed by atoms with van der Waals surface area (Å²) in [5, 5.41) is 7.26. The lowest BCUT2D eigenvalue weighted by atomic mass is 9.84. The zero-order chi connectivity index (χ0) is 29.7. The minimum atomic E-state index is 0.902. The molecule has 0 amide bonds. The highest BCUT2D eigenvalue weighted by atomic mass is 16.3. The Hall–Kier alpha value is -5.92. The van der Waals surface area contributed by atoms with Crippen molar-refractivity contribution in [3.05, 3.63) is 170 Å². The Morgan fingerprint density at radius 1 is 0.267 bits per heavy atom. The first-order valence-corrected chi connectivity index (χ1v) is 15.4. The van der Waals surface area contributed by atoms with E-state index in [0.29, 0.717) is 0 Å². The van der Waals surface area contributed by atoms with Crippen LogP contribution in [0.4, 0.5) is 0 Å². The van der Waals surface area contributed by atoms with Gasteiger partial charge in [-0.2, -0.15) is 0 Å². The zero-order valence-electron chi connectivity index (χ0n) is 24.6. The van der Waals surface area contributed by atoms with Gasteiger partial charge in [0, 0.05) is 10.8 Å². The third-order valence-corrected chi connectivity index (χ3v) is 9.09.